The molecule has 0 amide bonds. The summed E-state index contributed by atoms with van der Waals surface area (Å²) in [6, 6.07) is 5.72. The Morgan fingerprint density at radius 2 is 2.21 bits per heavy atom. The third kappa shape index (κ3) is 3.50. The van der Waals surface area contributed by atoms with Crippen molar-refractivity contribution in [1.29, 1.82) is 0 Å². The van der Waals surface area contributed by atoms with E-state index in [1.165, 1.54) is 0 Å². The van der Waals surface area contributed by atoms with Crippen molar-refractivity contribution >= 4 is 23.4 Å². The van der Waals surface area contributed by atoms with Crippen LogP contribution in [0.15, 0.2) is 23.1 Å². The van der Waals surface area contributed by atoms with Crippen LogP contribution in [0.1, 0.15) is 12.0 Å². The van der Waals surface area contributed by atoms with Crippen molar-refractivity contribution in [2.75, 3.05) is 12.4 Å². The molecule has 0 bridgehead atoms. The lowest BCUT2D eigenvalue weighted by atomic mass is 10.2. The van der Waals surface area contributed by atoms with Gasteiger partial charge in [0, 0.05) is 28.8 Å². The molecular formula is C10H14ClNOS. The van der Waals surface area contributed by atoms with Gasteiger partial charge >= 0.3 is 0 Å². The molecule has 0 fully saturated rings. The number of benzene rings is 1. The van der Waals surface area contributed by atoms with Crippen molar-refractivity contribution in [3.63, 3.8) is 0 Å². The van der Waals surface area contributed by atoms with Crippen molar-refractivity contribution < 1.29 is 5.11 Å². The van der Waals surface area contributed by atoms with Gasteiger partial charge in [-0.25, -0.2) is 0 Å². The summed E-state index contributed by atoms with van der Waals surface area (Å²) in [5.41, 5.74) is 6.71. The van der Waals surface area contributed by atoms with E-state index in [-0.39, 0.29) is 6.61 Å². The Hall–Kier alpha value is -0.220. The second-order valence-electron chi connectivity index (χ2n) is 2.88. The number of rotatable bonds is 5. The van der Waals surface area contributed by atoms with Gasteiger partial charge in [0.05, 0.1) is 0 Å². The van der Waals surface area contributed by atoms with Crippen molar-refractivity contribution in [3.05, 3.63) is 28.8 Å². The summed E-state index contributed by atoms with van der Waals surface area (Å²) >= 11 is 7.57. The van der Waals surface area contributed by atoms with E-state index in [2.05, 4.69) is 0 Å². The van der Waals surface area contributed by atoms with Crippen LogP contribution in [0.25, 0.3) is 0 Å². The van der Waals surface area contributed by atoms with Gasteiger partial charge in [-0.05, 0) is 24.1 Å². The molecule has 0 saturated heterocycles. The Bertz CT molecular complexity index is 293. The van der Waals surface area contributed by atoms with Crippen molar-refractivity contribution in [2.24, 2.45) is 5.73 Å². The molecule has 4 heteroatoms. The lowest BCUT2D eigenvalue weighted by Crippen LogP contribution is -1.98. The summed E-state index contributed by atoms with van der Waals surface area (Å²) in [6.07, 6.45) is 0.793. The van der Waals surface area contributed by atoms with E-state index in [0.717, 1.165) is 27.7 Å². The van der Waals surface area contributed by atoms with E-state index in [1.54, 1.807) is 11.8 Å². The van der Waals surface area contributed by atoms with Gasteiger partial charge < -0.3 is 10.8 Å². The maximum atomic E-state index is 8.66. The normalized spacial score (nSPS) is 10.5. The Balaban J connectivity index is 2.67. The molecule has 0 saturated carbocycles. The van der Waals surface area contributed by atoms with E-state index in [9.17, 15) is 0 Å². The molecule has 0 aromatic heterocycles. The number of aliphatic hydroxyl groups is 1. The monoisotopic (exact) mass is 231 g/mol. The van der Waals surface area contributed by atoms with Crippen LogP contribution >= 0.6 is 23.4 Å². The first-order valence-electron chi connectivity index (χ1n) is 4.50. The first kappa shape index (κ1) is 11.9. The van der Waals surface area contributed by atoms with Crippen LogP contribution in [0.3, 0.4) is 0 Å². The molecule has 1 aromatic carbocycles. The fourth-order valence-corrected chi connectivity index (χ4v) is 2.36. The van der Waals surface area contributed by atoms with Gasteiger partial charge in [-0.3, -0.25) is 0 Å². The van der Waals surface area contributed by atoms with Gasteiger partial charge in [0.15, 0.2) is 0 Å². The minimum Gasteiger partial charge on any atom is -0.396 e. The molecule has 2 nitrogen and oxygen atoms in total. The fraction of sp³-hybridized carbons (Fsp3) is 0.400. The largest absolute Gasteiger partial charge is 0.396 e. The number of hydrogen-bond donors (Lipinski definition) is 2. The smallest absolute Gasteiger partial charge is 0.0439 e. The average Bonchev–Trinajstić information content (AvgIpc) is 2.19. The molecule has 0 aliphatic rings. The highest BCUT2D eigenvalue weighted by molar-refractivity contribution is 7.99. The lowest BCUT2D eigenvalue weighted by molar-refractivity contribution is 0.296. The maximum Gasteiger partial charge on any atom is 0.0439 e. The SMILES string of the molecule is NCc1ccc(Cl)cc1SCCCO. The number of aliphatic hydroxyl groups excluding tert-OH is 1. The summed E-state index contributed by atoms with van der Waals surface area (Å²) in [6.45, 7) is 0.754. The number of hydrogen-bond acceptors (Lipinski definition) is 3. The first-order valence-corrected chi connectivity index (χ1v) is 5.86. The fourth-order valence-electron chi connectivity index (χ4n) is 1.08. The first-order chi connectivity index (χ1) is 6.77. The Morgan fingerprint density at radius 3 is 2.86 bits per heavy atom. The van der Waals surface area contributed by atoms with Crippen molar-refractivity contribution in [3.8, 4) is 0 Å². The highest BCUT2D eigenvalue weighted by Crippen LogP contribution is 2.26. The van der Waals surface area contributed by atoms with Gasteiger partial charge in [0.2, 0.25) is 0 Å². The van der Waals surface area contributed by atoms with E-state index < -0.39 is 0 Å². The van der Waals surface area contributed by atoms with E-state index in [1.807, 2.05) is 18.2 Å². The average molecular weight is 232 g/mol. The zero-order valence-electron chi connectivity index (χ0n) is 7.87. The van der Waals surface area contributed by atoms with Crippen molar-refractivity contribution in [1.82, 2.24) is 0 Å². The molecule has 0 atom stereocenters. The quantitative estimate of drug-likeness (QED) is 0.604. The van der Waals surface area contributed by atoms with Crippen molar-refractivity contribution in [2.45, 2.75) is 17.9 Å². The Morgan fingerprint density at radius 1 is 1.43 bits per heavy atom. The van der Waals surface area contributed by atoms with Crippen LogP contribution in [-0.2, 0) is 6.54 Å². The Labute approximate surface area is 93.5 Å². The number of halogens is 1. The maximum absolute atomic E-state index is 8.66. The molecule has 0 aliphatic heterocycles. The molecule has 1 aromatic rings. The zero-order chi connectivity index (χ0) is 10.4. The summed E-state index contributed by atoms with van der Waals surface area (Å²) in [5.74, 6) is 0.893. The molecular weight excluding hydrogens is 218 g/mol. The van der Waals surface area contributed by atoms with Gasteiger partial charge in [-0.1, -0.05) is 17.7 Å². The predicted octanol–water partition coefficient (Wildman–Crippen LogP) is 2.27. The third-order valence-electron chi connectivity index (χ3n) is 1.81. The Kier molecular flexibility index (Phi) is 5.33. The summed E-state index contributed by atoms with van der Waals surface area (Å²) in [7, 11) is 0. The van der Waals surface area contributed by atoms with E-state index in [0.29, 0.717) is 6.54 Å². The van der Waals surface area contributed by atoms with Gasteiger partial charge in [-0.2, -0.15) is 0 Å². The molecule has 14 heavy (non-hydrogen) atoms. The third-order valence-corrected chi connectivity index (χ3v) is 3.23. The highest BCUT2D eigenvalue weighted by Gasteiger charge is 2.02. The van der Waals surface area contributed by atoms with Crippen LogP contribution in [0, 0.1) is 0 Å². The molecule has 0 spiro atoms. The molecule has 0 unspecified atom stereocenters. The number of nitrogens with two attached hydrogens (primary N) is 1. The van der Waals surface area contributed by atoms with Gasteiger partial charge in [-0.15, -0.1) is 11.8 Å². The minimum atomic E-state index is 0.228. The molecule has 0 radical (unpaired) electrons. The van der Waals surface area contributed by atoms with Gasteiger partial charge in [0.1, 0.15) is 0 Å². The summed E-state index contributed by atoms with van der Waals surface area (Å²) in [5, 5.41) is 9.39. The van der Waals surface area contributed by atoms with Crippen LogP contribution in [-0.4, -0.2) is 17.5 Å². The van der Waals surface area contributed by atoms with E-state index in [4.69, 9.17) is 22.4 Å². The molecule has 1 rings (SSSR count). The van der Waals surface area contributed by atoms with Crippen LogP contribution < -0.4 is 5.73 Å². The zero-order valence-corrected chi connectivity index (χ0v) is 9.44. The van der Waals surface area contributed by atoms with Crippen LogP contribution in [0.4, 0.5) is 0 Å². The second kappa shape index (κ2) is 6.30. The molecule has 78 valence electrons. The summed E-state index contributed by atoms with van der Waals surface area (Å²) in [4.78, 5) is 1.12. The van der Waals surface area contributed by atoms with Crippen LogP contribution in [0.2, 0.25) is 5.02 Å². The number of thioether (sulfide) groups is 1. The molecule has 0 heterocycles. The topological polar surface area (TPSA) is 46.2 Å². The van der Waals surface area contributed by atoms with E-state index >= 15 is 0 Å². The lowest BCUT2D eigenvalue weighted by Gasteiger charge is -2.07. The van der Waals surface area contributed by atoms with Gasteiger partial charge in [0.25, 0.3) is 0 Å². The second-order valence-corrected chi connectivity index (χ2v) is 4.45. The molecule has 0 aliphatic carbocycles. The summed E-state index contributed by atoms with van der Waals surface area (Å²) < 4.78 is 0. The standard InChI is InChI=1S/C10H14ClNOS/c11-9-3-2-8(7-12)10(6-9)14-5-1-4-13/h2-3,6,13H,1,4-5,7,12H2. The predicted molar refractivity (Wildman–Crippen MR) is 61.8 cm³/mol. The molecule has 3 N–H and O–H groups in total. The van der Waals surface area contributed by atoms with Crippen LogP contribution in [0.5, 0.6) is 0 Å². The highest BCUT2D eigenvalue weighted by atomic mass is 35.5. The minimum absolute atomic E-state index is 0.228.